The molecular weight excluding hydrogens is 190 g/mol. The first kappa shape index (κ1) is 12.9. The van der Waals surface area contributed by atoms with Gasteiger partial charge in [0.2, 0.25) is 0 Å². The SMILES string of the molecule is CCCCCCCC1OCCN1C(C)O. The quantitative estimate of drug-likeness (QED) is 0.662. The molecule has 0 aromatic heterocycles. The highest BCUT2D eigenvalue weighted by atomic mass is 16.5. The minimum absolute atomic E-state index is 0.159. The summed E-state index contributed by atoms with van der Waals surface area (Å²) < 4.78 is 5.60. The van der Waals surface area contributed by atoms with Gasteiger partial charge in [-0.2, -0.15) is 0 Å². The van der Waals surface area contributed by atoms with Crippen molar-refractivity contribution in [1.29, 1.82) is 0 Å². The lowest BCUT2D eigenvalue weighted by Crippen LogP contribution is -2.37. The standard InChI is InChI=1S/C12H25NO2/c1-3-4-5-6-7-8-12-13(11(2)14)9-10-15-12/h11-12,14H,3-10H2,1-2H3. The zero-order valence-electron chi connectivity index (χ0n) is 10.1. The molecule has 1 aliphatic heterocycles. The van der Waals surface area contributed by atoms with E-state index in [2.05, 4.69) is 6.92 Å². The Morgan fingerprint density at radius 1 is 1.33 bits per heavy atom. The van der Waals surface area contributed by atoms with E-state index in [0.29, 0.717) is 0 Å². The van der Waals surface area contributed by atoms with Gasteiger partial charge in [0.05, 0.1) is 6.61 Å². The molecule has 1 rings (SSSR count). The van der Waals surface area contributed by atoms with Crippen molar-refractivity contribution in [2.75, 3.05) is 13.2 Å². The second kappa shape index (κ2) is 7.20. The number of aliphatic hydroxyl groups excluding tert-OH is 1. The van der Waals surface area contributed by atoms with Crippen molar-refractivity contribution >= 4 is 0 Å². The average molecular weight is 215 g/mol. The lowest BCUT2D eigenvalue weighted by molar-refractivity contribution is -0.0588. The molecule has 2 unspecified atom stereocenters. The zero-order valence-corrected chi connectivity index (χ0v) is 10.1. The Morgan fingerprint density at radius 3 is 2.73 bits per heavy atom. The van der Waals surface area contributed by atoms with Crippen molar-refractivity contribution < 1.29 is 9.84 Å². The van der Waals surface area contributed by atoms with Crippen LogP contribution in [0.3, 0.4) is 0 Å². The van der Waals surface area contributed by atoms with Gasteiger partial charge < -0.3 is 9.84 Å². The summed E-state index contributed by atoms with van der Waals surface area (Å²) in [6, 6.07) is 0. The van der Waals surface area contributed by atoms with Crippen molar-refractivity contribution in [2.45, 2.75) is 64.8 Å². The third-order valence-electron chi connectivity index (χ3n) is 3.06. The molecule has 3 heteroatoms. The Balaban J connectivity index is 2.09. The second-order valence-corrected chi connectivity index (χ2v) is 4.40. The molecule has 1 N–H and O–H groups in total. The van der Waals surface area contributed by atoms with Crippen molar-refractivity contribution in [2.24, 2.45) is 0 Å². The summed E-state index contributed by atoms with van der Waals surface area (Å²) in [5, 5.41) is 9.51. The molecule has 1 heterocycles. The van der Waals surface area contributed by atoms with Gasteiger partial charge in [-0.15, -0.1) is 0 Å². The fourth-order valence-electron chi connectivity index (χ4n) is 2.13. The monoisotopic (exact) mass is 215 g/mol. The Bertz CT molecular complexity index is 162. The third kappa shape index (κ3) is 4.49. The molecular formula is C12H25NO2. The number of hydrogen-bond acceptors (Lipinski definition) is 3. The van der Waals surface area contributed by atoms with Crippen LogP contribution in [0.15, 0.2) is 0 Å². The first-order valence-corrected chi connectivity index (χ1v) is 6.31. The van der Waals surface area contributed by atoms with Crippen LogP contribution >= 0.6 is 0 Å². The molecule has 0 aromatic rings. The Hall–Kier alpha value is -0.120. The van der Waals surface area contributed by atoms with E-state index in [1.807, 2.05) is 11.8 Å². The van der Waals surface area contributed by atoms with E-state index in [4.69, 9.17) is 4.74 Å². The molecule has 0 bridgehead atoms. The number of ether oxygens (including phenoxy) is 1. The number of nitrogens with zero attached hydrogens (tertiary/aromatic N) is 1. The third-order valence-corrected chi connectivity index (χ3v) is 3.06. The first-order chi connectivity index (χ1) is 7.25. The minimum Gasteiger partial charge on any atom is -0.379 e. The Morgan fingerprint density at radius 2 is 2.07 bits per heavy atom. The van der Waals surface area contributed by atoms with Crippen LogP contribution in [0.5, 0.6) is 0 Å². The van der Waals surface area contributed by atoms with E-state index in [0.717, 1.165) is 19.6 Å². The number of rotatable bonds is 7. The maximum absolute atomic E-state index is 9.51. The van der Waals surface area contributed by atoms with Crippen LogP contribution in [0.25, 0.3) is 0 Å². The molecule has 0 aliphatic carbocycles. The minimum atomic E-state index is -0.367. The molecule has 1 saturated heterocycles. The number of aliphatic hydroxyl groups is 1. The summed E-state index contributed by atoms with van der Waals surface area (Å²) in [4.78, 5) is 2.04. The van der Waals surface area contributed by atoms with E-state index < -0.39 is 0 Å². The number of hydrogen-bond donors (Lipinski definition) is 1. The molecule has 3 nitrogen and oxygen atoms in total. The molecule has 90 valence electrons. The molecule has 1 aliphatic rings. The zero-order chi connectivity index (χ0) is 11.1. The van der Waals surface area contributed by atoms with Gasteiger partial charge in [0.1, 0.15) is 12.5 Å². The van der Waals surface area contributed by atoms with E-state index in [-0.39, 0.29) is 12.5 Å². The van der Waals surface area contributed by atoms with Crippen LogP contribution in [0.2, 0.25) is 0 Å². The average Bonchev–Trinajstić information content (AvgIpc) is 2.66. The highest BCUT2D eigenvalue weighted by Gasteiger charge is 2.27. The van der Waals surface area contributed by atoms with Gasteiger partial charge in [-0.1, -0.05) is 32.6 Å². The van der Waals surface area contributed by atoms with Gasteiger partial charge in [0, 0.05) is 6.54 Å². The maximum atomic E-state index is 9.51. The normalized spacial score (nSPS) is 24.6. The summed E-state index contributed by atoms with van der Waals surface area (Å²) in [7, 11) is 0. The van der Waals surface area contributed by atoms with Crippen LogP contribution in [0.4, 0.5) is 0 Å². The number of unbranched alkanes of at least 4 members (excludes halogenated alkanes) is 4. The summed E-state index contributed by atoms with van der Waals surface area (Å²) >= 11 is 0. The molecule has 2 atom stereocenters. The van der Waals surface area contributed by atoms with E-state index in [1.54, 1.807) is 0 Å². The first-order valence-electron chi connectivity index (χ1n) is 6.31. The van der Waals surface area contributed by atoms with E-state index >= 15 is 0 Å². The highest BCUT2D eigenvalue weighted by molar-refractivity contribution is 4.70. The fraction of sp³-hybridized carbons (Fsp3) is 1.00. The van der Waals surface area contributed by atoms with Crippen LogP contribution < -0.4 is 0 Å². The van der Waals surface area contributed by atoms with Crippen molar-refractivity contribution in [1.82, 2.24) is 4.90 Å². The summed E-state index contributed by atoms with van der Waals surface area (Å²) in [6.45, 7) is 5.69. The Kier molecular flexibility index (Phi) is 6.22. The molecule has 0 aromatic carbocycles. The molecule has 15 heavy (non-hydrogen) atoms. The summed E-state index contributed by atoms with van der Waals surface area (Å²) in [6.07, 6.45) is 7.33. The van der Waals surface area contributed by atoms with Crippen molar-refractivity contribution in [3.63, 3.8) is 0 Å². The van der Waals surface area contributed by atoms with Crippen LogP contribution in [0, 0.1) is 0 Å². The van der Waals surface area contributed by atoms with Gasteiger partial charge in [-0.05, 0) is 19.8 Å². The summed E-state index contributed by atoms with van der Waals surface area (Å²) in [5.74, 6) is 0. The Labute approximate surface area is 93.4 Å². The van der Waals surface area contributed by atoms with Crippen molar-refractivity contribution in [3.05, 3.63) is 0 Å². The van der Waals surface area contributed by atoms with Gasteiger partial charge in [-0.3, -0.25) is 4.90 Å². The molecule has 0 radical (unpaired) electrons. The maximum Gasteiger partial charge on any atom is 0.112 e. The highest BCUT2D eigenvalue weighted by Crippen LogP contribution is 2.18. The fourth-order valence-corrected chi connectivity index (χ4v) is 2.13. The molecule has 0 amide bonds. The van der Waals surface area contributed by atoms with E-state index in [9.17, 15) is 5.11 Å². The second-order valence-electron chi connectivity index (χ2n) is 4.40. The van der Waals surface area contributed by atoms with Crippen LogP contribution in [-0.2, 0) is 4.74 Å². The smallest absolute Gasteiger partial charge is 0.112 e. The van der Waals surface area contributed by atoms with Gasteiger partial charge in [0.25, 0.3) is 0 Å². The molecule has 0 saturated carbocycles. The van der Waals surface area contributed by atoms with Crippen LogP contribution in [0.1, 0.15) is 52.4 Å². The lowest BCUT2D eigenvalue weighted by Gasteiger charge is -2.25. The van der Waals surface area contributed by atoms with Gasteiger partial charge >= 0.3 is 0 Å². The summed E-state index contributed by atoms with van der Waals surface area (Å²) in [5.41, 5.74) is 0. The lowest BCUT2D eigenvalue weighted by atomic mass is 10.1. The predicted octanol–water partition coefficient (Wildman–Crippen LogP) is 2.34. The van der Waals surface area contributed by atoms with Crippen molar-refractivity contribution in [3.8, 4) is 0 Å². The van der Waals surface area contributed by atoms with Gasteiger partial charge in [-0.25, -0.2) is 0 Å². The largest absolute Gasteiger partial charge is 0.379 e. The van der Waals surface area contributed by atoms with E-state index in [1.165, 1.54) is 32.1 Å². The van der Waals surface area contributed by atoms with Crippen LogP contribution in [-0.4, -0.2) is 35.6 Å². The molecule has 1 fully saturated rings. The molecule has 0 spiro atoms. The topological polar surface area (TPSA) is 32.7 Å². The van der Waals surface area contributed by atoms with Gasteiger partial charge in [0.15, 0.2) is 0 Å². The predicted molar refractivity (Wildman–Crippen MR) is 61.5 cm³/mol.